The molecule has 140 valence electrons. The van der Waals surface area contributed by atoms with Gasteiger partial charge in [-0.15, -0.1) is 0 Å². The molecule has 0 bridgehead atoms. The summed E-state index contributed by atoms with van der Waals surface area (Å²) >= 11 is 1.47. The Morgan fingerprint density at radius 3 is 2.65 bits per heavy atom. The average Bonchev–Trinajstić information content (AvgIpc) is 2.94. The van der Waals surface area contributed by atoms with E-state index in [4.69, 9.17) is 14.7 Å². The first-order valence-corrected chi connectivity index (χ1v) is 10.2. The number of aliphatic carboxylic acids is 1. The third-order valence-corrected chi connectivity index (χ3v) is 5.37. The summed E-state index contributed by atoms with van der Waals surface area (Å²) in [5.74, 6) is -0.459. The van der Waals surface area contributed by atoms with E-state index < -0.39 is 21.9 Å². The summed E-state index contributed by atoms with van der Waals surface area (Å²) in [5, 5.41) is 16.3. The van der Waals surface area contributed by atoms with Crippen LogP contribution in [0.25, 0.3) is 0 Å². The normalized spacial score (nSPS) is 11.3. The molecule has 0 fully saturated rings. The van der Waals surface area contributed by atoms with Gasteiger partial charge in [-0.25, -0.2) is 13.6 Å². The van der Waals surface area contributed by atoms with E-state index >= 15 is 0 Å². The number of primary sulfonamides is 1. The van der Waals surface area contributed by atoms with Crippen LogP contribution in [-0.2, 0) is 20.6 Å². The van der Waals surface area contributed by atoms with Gasteiger partial charge in [-0.3, -0.25) is 9.59 Å². The van der Waals surface area contributed by atoms with Gasteiger partial charge in [0.25, 0.3) is 5.91 Å². The van der Waals surface area contributed by atoms with Crippen molar-refractivity contribution in [2.45, 2.75) is 24.0 Å². The van der Waals surface area contributed by atoms with Gasteiger partial charge in [0.2, 0.25) is 10.0 Å². The van der Waals surface area contributed by atoms with Crippen LogP contribution >= 0.6 is 11.8 Å². The van der Waals surface area contributed by atoms with Crippen molar-refractivity contribution in [3.05, 3.63) is 47.4 Å². The summed E-state index contributed by atoms with van der Waals surface area (Å²) < 4.78 is 28.0. The SMILES string of the molecule is Cc1oc(C(=O)Nc2cccc(CSCCC(=O)O)c2)cc1S(N)(=O)=O. The van der Waals surface area contributed by atoms with Gasteiger partial charge < -0.3 is 14.8 Å². The third-order valence-electron chi connectivity index (χ3n) is 3.32. The van der Waals surface area contributed by atoms with Crippen LogP contribution in [0.4, 0.5) is 5.69 Å². The summed E-state index contributed by atoms with van der Waals surface area (Å²) in [4.78, 5) is 22.5. The van der Waals surface area contributed by atoms with Gasteiger partial charge in [0.15, 0.2) is 5.76 Å². The Balaban J connectivity index is 2.03. The molecule has 0 spiro atoms. The number of amides is 1. The molecule has 0 saturated carbocycles. The molecule has 0 aliphatic carbocycles. The predicted molar refractivity (Wildman–Crippen MR) is 97.6 cm³/mol. The highest BCUT2D eigenvalue weighted by Crippen LogP contribution is 2.21. The molecule has 0 saturated heterocycles. The Labute approximate surface area is 154 Å². The fourth-order valence-corrected chi connectivity index (χ4v) is 3.73. The second-order valence-electron chi connectivity index (χ2n) is 5.43. The predicted octanol–water partition coefficient (Wildman–Crippen LogP) is 2.20. The smallest absolute Gasteiger partial charge is 0.304 e. The zero-order chi connectivity index (χ0) is 19.3. The van der Waals surface area contributed by atoms with E-state index in [1.54, 1.807) is 18.2 Å². The topological polar surface area (TPSA) is 140 Å². The molecule has 1 aromatic heterocycles. The van der Waals surface area contributed by atoms with Crippen molar-refractivity contribution < 1.29 is 27.5 Å². The molecule has 0 aliphatic rings. The number of carboxylic acids is 1. The lowest BCUT2D eigenvalue weighted by atomic mass is 10.2. The molecule has 1 aromatic carbocycles. The molecule has 0 radical (unpaired) electrons. The van der Waals surface area contributed by atoms with Crippen molar-refractivity contribution in [2.24, 2.45) is 5.14 Å². The van der Waals surface area contributed by atoms with Crippen molar-refractivity contribution in [2.75, 3.05) is 11.1 Å². The lowest BCUT2D eigenvalue weighted by Gasteiger charge is -2.06. The van der Waals surface area contributed by atoms with E-state index in [0.717, 1.165) is 11.6 Å². The number of furan rings is 1. The van der Waals surface area contributed by atoms with Crippen LogP contribution in [0.1, 0.15) is 28.3 Å². The molecular formula is C16H18N2O6S2. The fourth-order valence-electron chi connectivity index (χ4n) is 2.14. The quantitative estimate of drug-likeness (QED) is 0.579. The Hall–Kier alpha value is -2.30. The van der Waals surface area contributed by atoms with Crippen molar-refractivity contribution in [1.82, 2.24) is 0 Å². The van der Waals surface area contributed by atoms with E-state index in [-0.39, 0.29) is 22.8 Å². The zero-order valence-electron chi connectivity index (χ0n) is 13.9. The number of nitrogens with one attached hydrogen (secondary N) is 1. The number of nitrogens with two attached hydrogens (primary N) is 1. The summed E-state index contributed by atoms with van der Waals surface area (Å²) in [5.41, 5.74) is 1.43. The Kier molecular flexibility index (Phi) is 6.46. The van der Waals surface area contributed by atoms with Gasteiger partial charge in [-0.1, -0.05) is 12.1 Å². The van der Waals surface area contributed by atoms with E-state index in [0.29, 0.717) is 17.2 Å². The number of carboxylic acid groups (broad SMARTS) is 1. The van der Waals surface area contributed by atoms with E-state index in [1.165, 1.54) is 18.7 Å². The number of aryl methyl sites for hydroxylation is 1. The second kappa shape index (κ2) is 8.39. The number of carbonyl (C=O) groups is 2. The summed E-state index contributed by atoms with van der Waals surface area (Å²) in [6.07, 6.45) is 0.0886. The molecule has 0 aliphatic heterocycles. The minimum absolute atomic E-state index is 0.0428. The first kappa shape index (κ1) is 20.0. The first-order chi connectivity index (χ1) is 12.2. The van der Waals surface area contributed by atoms with Crippen LogP contribution in [0.2, 0.25) is 0 Å². The fraction of sp³-hybridized carbons (Fsp3) is 0.250. The summed E-state index contributed by atoms with van der Waals surface area (Å²) in [6.45, 7) is 1.41. The molecule has 10 heteroatoms. The summed E-state index contributed by atoms with van der Waals surface area (Å²) in [6, 6.07) is 8.14. The minimum atomic E-state index is -3.96. The van der Waals surface area contributed by atoms with Gasteiger partial charge in [-0.2, -0.15) is 11.8 Å². The number of hydrogen-bond acceptors (Lipinski definition) is 6. The lowest BCUT2D eigenvalue weighted by molar-refractivity contribution is -0.136. The Morgan fingerprint density at radius 2 is 2.04 bits per heavy atom. The monoisotopic (exact) mass is 398 g/mol. The number of sulfonamides is 1. The van der Waals surface area contributed by atoms with E-state index in [2.05, 4.69) is 5.32 Å². The van der Waals surface area contributed by atoms with Crippen molar-refractivity contribution in [1.29, 1.82) is 0 Å². The second-order valence-corrected chi connectivity index (χ2v) is 8.06. The highest BCUT2D eigenvalue weighted by molar-refractivity contribution is 7.98. The van der Waals surface area contributed by atoms with Crippen LogP contribution in [0.3, 0.4) is 0 Å². The summed E-state index contributed by atoms with van der Waals surface area (Å²) in [7, 11) is -3.96. The first-order valence-electron chi connectivity index (χ1n) is 7.50. The van der Waals surface area contributed by atoms with Crippen LogP contribution < -0.4 is 10.5 Å². The number of hydrogen-bond donors (Lipinski definition) is 3. The number of thioether (sulfide) groups is 1. The molecule has 8 nitrogen and oxygen atoms in total. The van der Waals surface area contributed by atoms with Crippen molar-refractivity contribution >= 4 is 39.3 Å². The molecule has 26 heavy (non-hydrogen) atoms. The maximum Gasteiger partial charge on any atom is 0.304 e. The van der Waals surface area contributed by atoms with Gasteiger partial charge >= 0.3 is 5.97 Å². The van der Waals surface area contributed by atoms with Gasteiger partial charge in [-0.05, 0) is 24.6 Å². The highest BCUT2D eigenvalue weighted by Gasteiger charge is 2.21. The number of anilines is 1. The number of rotatable bonds is 8. The van der Waals surface area contributed by atoms with Crippen molar-refractivity contribution in [3.63, 3.8) is 0 Å². The highest BCUT2D eigenvalue weighted by atomic mass is 32.2. The number of carbonyl (C=O) groups excluding carboxylic acids is 1. The molecular weight excluding hydrogens is 380 g/mol. The van der Waals surface area contributed by atoms with Crippen LogP contribution in [0.15, 0.2) is 39.6 Å². The third kappa shape index (κ3) is 5.61. The van der Waals surface area contributed by atoms with Gasteiger partial charge in [0.1, 0.15) is 10.7 Å². The lowest BCUT2D eigenvalue weighted by Crippen LogP contribution is -2.13. The Morgan fingerprint density at radius 1 is 1.31 bits per heavy atom. The molecule has 1 amide bonds. The largest absolute Gasteiger partial charge is 0.481 e. The molecule has 1 heterocycles. The minimum Gasteiger partial charge on any atom is -0.481 e. The molecule has 0 atom stereocenters. The molecule has 2 aromatic rings. The van der Waals surface area contributed by atoms with Crippen LogP contribution in [0.5, 0.6) is 0 Å². The van der Waals surface area contributed by atoms with Crippen LogP contribution in [0, 0.1) is 6.92 Å². The molecule has 0 unspecified atom stereocenters. The molecule has 2 rings (SSSR count). The van der Waals surface area contributed by atoms with Crippen molar-refractivity contribution in [3.8, 4) is 0 Å². The molecule has 4 N–H and O–H groups in total. The standard InChI is InChI=1S/C16H18N2O6S2/c1-10-14(26(17,22)23)8-13(24-10)16(21)18-12-4-2-3-11(7-12)9-25-6-5-15(19)20/h2-4,7-8H,5-6,9H2,1H3,(H,18,21)(H,19,20)(H2,17,22,23). The van der Waals surface area contributed by atoms with Gasteiger partial charge in [0, 0.05) is 23.3 Å². The van der Waals surface area contributed by atoms with E-state index in [9.17, 15) is 18.0 Å². The number of benzene rings is 1. The average molecular weight is 398 g/mol. The zero-order valence-corrected chi connectivity index (χ0v) is 15.5. The Bertz CT molecular complexity index is 921. The van der Waals surface area contributed by atoms with E-state index in [1.807, 2.05) is 6.07 Å². The maximum atomic E-state index is 12.2. The van der Waals surface area contributed by atoms with Gasteiger partial charge in [0.05, 0.1) is 6.42 Å². The van der Waals surface area contributed by atoms with Crippen LogP contribution in [-0.4, -0.2) is 31.2 Å². The maximum absolute atomic E-state index is 12.2.